The third-order valence-electron chi connectivity index (χ3n) is 4.51. The van der Waals surface area contributed by atoms with Gasteiger partial charge in [-0.2, -0.15) is 0 Å². The van der Waals surface area contributed by atoms with Crippen molar-refractivity contribution in [3.05, 3.63) is 102 Å². The molecule has 0 saturated carbocycles. The molecule has 1 amide bonds. The van der Waals surface area contributed by atoms with Gasteiger partial charge >= 0.3 is 0 Å². The highest BCUT2D eigenvalue weighted by molar-refractivity contribution is 7.98. The Balaban J connectivity index is 1.29. The average Bonchev–Trinajstić information content (AvgIpc) is 3.29. The van der Waals surface area contributed by atoms with Crippen molar-refractivity contribution in [3.63, 3.8) is 0 Å². The number of carbonyl (C=O) groups excluding carboxylic acids is 1. The van der Waals surface area contributed by atoms with Crippen LogP contribution in [-0.4, -0.2) is 16.1 Å². The maximum Gasteiger partial charge on any atom is 0.277 e. The van der Waals surface area contributed by atoms with Crippen molar-refractivity contribution in [3.8, 4) is 5.75 Å². The van der Waals surface area contributed by atoms with Crippen LogP contribution in [0.3, 0.4) is 0 Å². The van der Waals surface area contributed by atoms with Crippen molar-refractivity contribution in [2.45, 2.75) is 24.0 Å². The second-order valence-electron chi connectivity index (χ2n) is 6.93. The summed E-state index contributed by atoms with van der Waals surface area (Å²) in [5.41, 5.74) is 2.35. The monoisotopic (exact) mass is 449 g/mol. The van der Waals surface area contributed by atoms with Crippen LogP contribution >= 0.6 is 11.8 Å². The van der Waals surface area contributed by atoms with Crippen LogP contribution < -0.4 is 10.1 Å². The molecule has 0 radical (unpaired) electrons. The van der Waals surface area contributed by atoms with Gasteiger partial charge in [-0.1, -0.05) is 42.1 Å². The Morgan fingerprint density at radius 2 is 1.75 bits per heavy atom. The van der Waals surface area contributed by atoms with Gasteiger partial charge in [0.1, 0.15) is 11.6 Å². The number of amides is 1. The van der Waals surface area contributed by atoms with Crippen LogP contribution in [0.4, 0.5) is 10.1 Å². The number of nitrogens with one attached hydrogen (secondary N) is 1. The van der Waals surface area contributed by atoms with Crippen LogP contribution in [0.2, 0.25) is 0 Å². The number of aromatic nitrogens is 2. The topological polar surface area (TPSA) is 77.2 Å². The molecule has 3 aromatic carbocycles. The number of ether oxygens (including phenoxy) is 1. The predicted octanol–water partition coefficient (Wildman–Crippen LogP) is 5.89. The van der Waals surface area contributed by atoms with Crippen molar-refractivity contribution < 1.29 is 18.3 Å². The third-order valence-corrected chi connectivity index (χ3v) is 5.40. The molecule has 162 valence electrons. The molecule has 0 fully saturated rings. The molecule has 0 saturated heterocycles. The van der Waals surface area contributed by atoms with E-state index in [1.54, 1.807) is 31.2 Å². The van der Waals surface area contributed by atoms with Gasteiger partial charge in [-0.25, -0.2) is 4.39 Å². The average molecular weight is 450 g/mol. The van der Waals surface area contributed by atoms with Crippen molar-refractivity contribution in [2.75, 3.05) is 5.32 Å². The number of thioether (sulfide) groups is 1. The van der Waals surface area contributed by atoms with Crippen LogP contribution in [-0.2, 0) is 5.75 Å². The van der Waals surface area contributed by atoms with Gasteiger partial charge in [0.2, 0.25) is 0 Å². The smallest absolute Gasteiger partial charge is 0.277 e. The Hall–Kier alpha value is -3.65. The zero-order valence-corrected chi connectivity index (χ0v) is 18.0. The number of carbonyl (C=O) groups is 1. The lowest BCUT2D eigenvalue weighted by molar-refractivity contribution is 0.102. The number of rotatable bonds is 8. The van der Waals surface area contributed by atoms with Crippen LogP contribution in [0.25, 0.3) is 0 Å². The van der Waals surface area contributed by atoms with Crippen molar-refractivity contribution in [2.24, 2.45) is 0 Å². The first-order valence-corrected chi connectivity index (χ1v) is 10.9. The summed E-state index contributed by atoms with van der Waals surface area (Å²) in [6, 6.07) is 22.4. The molecule has 1 atom stereocenters. The maximum absolute atomic E-state index is 13.0. The van der Waals surface area contributed by atoms with Crippen LogP contribution in [0.15, 0.2) is 88.5 Å². The molecule has 4 aromatic rings. The van der Waals surface area contributed by atoms with Crippen LogP contribution in [0.1, 0.15) is 34.8 Å². The molecule has 4 rings (SSSR count). The van der Waals surface area contributed by atoms with Gasteiger partial charge in [0.25, 0.3) is 17.0 Å². The summed E-state index contributed by atoms with van der Waals surface area (Å²) in [5.74, 6) is 0.973. The first-order valence-electron chi connectivity index (χ1n) is 9.90. The van der Waals surface area contributed by atoms with E-state index in [9.17, 15) is 9.18 Å². The molecule has 0 aliphatic heterocycles. The molecule has 1 N–H and O–H groups in total. The van der Waals surface area contributed by atoms with Gasteiger partial charge in [-0.3, -0.25) is 4.79 Å². The molecule has 32 heavy (non-hydrogen) atoms. The molecule has 1 aromatic heterocycles. The first kappa shape index (κ1) is 21.6. The van der Waals surface area contributed by atoms with Gasteiger partial charge in [0.15, 0.2) is 6.10 Å². The Morgan fingerprint density at radius 1 is 1.03 bits per heavy atom. The Morgan fingerprint density at radius 3 is 2.47 bits per heavy atom. The Bertz CT molecular complexity index is 1170. The van der Waals surface area contributed by atoms with E-state index in [1.165, 1.54) is 23.9 Å². The second-order valence-corrected chi connectivity index (χ2v) is 7.85. The summed E-state index contributed by atoms with van der Waals surface area (Å²) < 4.78 is 24.4. The van der Waals surface area contributed by atoms with Crippen molar-refractivity contribution in [1.29, 1.82) is 0 Å². The normalized spacial score (nSPS) is 11.7. The van der Waals surface area contributed by atoms with E-state index in [2.05, 4.69) is 15.5 Å². The van der Waals surface area contributed by atoms with E-state index in [0.717, 1.165) is 11.3 Å². The van der Waals surface area contributed by atoms with Crippen molar-refractivity contribution >= 4 is 23.4 Å². The minimum Gasteiger partial charge on any atom is -0.481 e. The predicted molar refractivity (Wildman–Crippen MR) is 120 cm³/mol. The van der Waals surface area contributed by atoms with E-state index in [1.807, 2.05) is 42.5 Å². The number of hydrogen-bond acceptors (Lipinski definition) is 6. The first-order chi connectivity index (χ1) is 15.6. The van der Waals surface area contributed by atoms with E-state index in [-0.39, 0.29) is 11.7 Å². The minimum atomic E-state index is -0.468. The molecule has 0 spiro atoms. The van der Waals surface area contributed by atoms with Crippen molar-refractivity contribution in [1.82, 2.24) is 10.2 Å². The Labute approximate surface area is 188 Å². The Kier molecular flexibility index (Phi) is 6.81. The summed E-state index contributed by atoms with van der Waals surface area (Å²) in [5, 5.41) is 11.4. The molecule has 6 nitrogen and oxygen atoms in total. The summed E-state index contributed by atoms with van der Waals surface area (Å²) in [7, 11) is 0. The van der Waals surface area contributed by atoms with E-state index < -0.39 is 6.10 Å². The maximum atomic E-state index is 13.0. The molecule has 1 heterocycles. The molecular formula is C24H20FN3O3S. The summed E-state index contributed by atoms with van der Waals surface area (Å²) in [6.45, 7) is 1.78. The fourth-order valence-corrected chi connectivity index (χ4v) is 3.56. The number of benzene rings is 3. The largest absolute Gasteiger partial charge is 0.481 e. The van der Waals surface area contributed by atoms with E-state index in [4.69, 9.17) is 9.15 Å². The standard InChI is InChI=1S/C24H20FN3O3S/c1-16(30-21-13-11-19(25)12-14-21)23-27-28-24(31-23)32-15-17-7-9-18(10-8-17)22(29)26-20-5-3-2-4-6-20/h2-14,16H,15H2,1H3,(H,26,29)/t16-/m0/s1. The lowest BCUT2D eigenvalue weighted by Gasteiger charge is -2.10. The molecule has 0 aliphatic rings. The number of para-hydroxylation sites is 1. The summed E-state index contributed by atoms with van der Waals surface area (Å²) in [6.07, 6.45) is -0.468. The zero-order valence-electron chi connectivity index (χ0n) is 17.2. The quantitative estimate of drug-likeness (QED) is 0.338. The zero-order chi connectivity index (χ0) is 22.3. The van der Waals surface area contributed by atoms with Gasteiger partial charge < -0.3 is 14.5 Å². The number of nitrogens with zero attached hydrogens (tertiary/aromatic N) is 2. The second kappa shape index (κ2) is 10.1. The molecule has 0 aliphatic carbocycles. The molecular weight excluding hydrogens is 429 g/mol. The highest BCUT2D eigenvalue weighted by Gasteiger charge is 2.16. The highest BCUT2D eigenvalue weighted by Crippen LogP contribution is 2.26. The lowest BCUT2D eigenvalue weighted by atomic mass is 10.1. The van der Waals surface area contributed by atoms with Crippen LogP contribution in [0, 0.1) is 5.82 Å². The molecule has 0 bridgehead atoms. The molecule has 0 unspecified atom stereocenters. The fourth-order valence-electron chi connectivity index (χ4n) is 2.83. The number of halogens is 1. The number of anilines is 1. The summed E-state index contributed by atoms with van der Waals surface area (Å²) in [4.78, 5) is 12.3. The van der Waals surface area contributed by atoms with Gasteiger partial charge in [-0.15, -0.1) is 10.2 Å². The molecule has 8 heteroatoms. The summed E-state index contributed by atoms with van der Waals surface area (Å²) >= 11 is 1.39. The number of hydrogen-bond donors (Lipinski definition) is 1. The minimum absolute atomic E-state index is 0.160. The highest BCUT2D eigenvalue weighted by atomic mass is 32.2. The third kappa shape index (κ3) is 5.73. The SMILES string of the molecule is C[C@H](Oc1ccc(F)cc1)c1nnc(SCc2ccc(C(=O)Nc3ccccc3)cc2)o1. The van der Waals surface area contributed by atoms with Crippen LogP contribution in [0.5, 0.6) is 5.75 Å². The lowest BCUT2D eigenvalue weighted by Crippen LogP contribution is -2.11. The van der Waals surface area contributed by atoms with Gasteiger partial charge in [0, 0.05) is 17.0 Å². The van der Waals surface area contributed by atoms with E-state index in [0.29, 0.717) is 28.2 Å². The van der Waals surface area contributed by atoms with Gasteiger partial charge in [0.05, 0.1) is 0 Å². The van der Waals surface area contributed by atoms with Gasteiger partial charge in [-0.05, 0) is 61.0 Å². The fraction of sp³-hybridized carbons (Fsp3) is 0.125. The van der Waals surface area contributed by atoms with E-state index >= 15 is 0 Å².